The van der Waals surface area contributed by atoms with E-state index in [1.165, 1.54) is 0 Å². The van der Waals surface area contributed by atoms with Crippen molar-refractivity contribution in [2.24, 2.45) is 0 Å². The van der Waals surface area contributed by atoms with Gasteiger partial charge in [0.2, 0.25) is 11.8 Å². The second-order valence-corrected chi connectivity index (χ2v) is 7.48. The summed E-state index contributed by atoms with van der Waals surface area (Å²) in [4.78, 5) is 31.2. The van der Waals surface area contributed by atoms with Crippen molar-refractivity contribution in [1.82, 2.24) is 19.3 Å². The first kappa shape index (κ1) is 20.2. The molecule has 4 heterocycles. The molecule has 2 aromatic rings. The Kier molecular flexibility index (Phi) is 5.88. The Balaban J connectivity index is 1.40. The average molecular weight is 411 g/mol. The molecule has 2 amide bonds. The van der Waals surface area contributed by atoms with Gasteiger partial charge in [0.05, 0.1) is 19.8 Å². The Bertz CT molecular complexity index is 945. The first-order valence-corrected chi connectivity index (χ1v) is 10.1. The van der Waals surface area contributed by atoms with Gasteiger partial charge in [-0.1, -0.05) is 0 Å². The van der Waals surface area contributed by atoms with Crippen LogP contribution in [0.2, 0.25) is 0 Å². The number of carbonyl (C=O) groups excluding carboxylic acids is 2. The minimum atomic E-state index is -0.203. The molecule has 0 spiro atoms. The topological polar surface area (TPSA) is 94.9 Å². The van der Waals surface area contributed by atoms with E-state index < -0.39 is 0 Å². The molecule has 2 aliphatic heterocycles. The molecular formula is C21H25N5O4. The number of amides is 2. The second kappa shape index (κ2) is 8.73. The summed E-state index contributed by atoms with van der Waals surface area (Å²) in [5, 5.41) is 9.67. The van der Waals surface area contributed by atoms with Gasteiger partial charge in [0.25, 0.3) is 5.91 Å². The third-order valence-corrected chi connectivity index (χ3v) is 5.61. The van der Waals surface area contributed by atoms with Crippen LogP contribution in [0.15, 0.2) is 28.9 Å². The van der Waals surface area contributed by atoms with Gasteiger partial charge in [-0.2, -0.15) is 5.26 Å². The summed E-state index contributed by atoms with van der Waals surface area (Å²) in [6.07, 6.45) is 3.55. The molecular weight excluding hydrogens is 386 g/mol. The van der Waals surface area contributed by atoms with E-state index in [-0.39, 0.29) is 17.4 Å². The van der Waals surface area contributed by atoms with Crippen LogP contribution in [0.1, 0.15) is 21.7 Å². The van der Waals surface area contributed by atoms with Gasteiger partial charge in [0, 0.05) is 51.7 Å². The molecule has 0 aliphatic carbocycles. The molecule has 9 heteroatoms. The summed E-state index contributed by atoms with van der Waals surface area (Å²) in [7, 11) is 0. The third-order valence-electron chi connectivity index (χ3n) is 5.61. The van der Waals surface area contributed by atoms with Crippen LogP contribution in [0.5, 0.6) is 0 Å². The summed E-state index contributed by atoms with van der Waals surface area (Å²) in [5.41, 5.74) is 0.567. The minimum absolute atomic E-state index is 0.104. The molecule has 4 rings (SSSR count). The summed E-state index contributed by atoms with van der Waals surface area (Å²) in [5.74, 6) is 0.695. The summed E-state index contributed by atoms with van der Waals surface area (Å²) < 4.78 is 12.7. The largest absolute Gasteiger partial charge is 0.443 e. The maximum atomic E-state index is 13.2. The first-order chi connectivity index (χ1) is 14.6. The minimum Gasteiger partial charge on any atom is -0.443 e. The number of hydrogen-bond donors (Lipinski definition) is 0. The van der Waals surface area contributed by atoms with E-state index in [1.54, 1.807) is 28.8 Å². The summed E-state index contributed by atoms with van der Waals surface area (Å²) in [6.45, 7) is 6.75. The number of nitriles is 1. The molecule has 0 unspecified atom stereocenters. The number of morpholine rings is 1. The molecule has 0 saturated carbocycles. The fraction of sp³-hybridized carbons (Fsp3) is 0.476. The Hall–Kier alpha value is -3.09. The van der Waals surface area contributed by atoms with Gasteiger partial charge in [-0.15, -0.1) is 0 Å². The summed E-state index contributed by atoms with van der Waals surface area (Å²) >= 11 is 0. The zero-order chi connectivity index (χ0) is 21.1. The zero-order valence-corrected chi connectivity index (χ0v) is 17.0. The van der Waals surface area contributed by atoms with Crippen molar-refractivity contribution in [3.8, 4) is 12.0 Å². The van der Waals surface area contributed by atoms with Gasteiger partial charge in [0.1, 0.15) is 23.0 Å². The summed E-state index contributed by atoms with van der Waals surface area (Å²) in [6, 6.07) is 5.79. The molecule has 0 atom stereocenters. The van der Waals surface area contributed by atoms with Gasteiger partial charge < -0.3 is 19.0 Å². The van der Waals surface area contributed by atoms with Gasteiger partial charge in [0.15, 0.2) is 0 Å². The lowest BCUT2D eigenvalue weighted by molar-refractivity contribution is -0.136. The van der Waals surface area contributed by atoms with Gasteiger partial charge >= 0.3 is 0 Å². The van der Waals surface area contributed by atoms with Crippen LogP contribution < -0.4 is 0 Å². The monoisotopic (exact) mass is 411 g/mol. The molecule has 2 saturated heterocycles. The van der Waals surface area contributed by atoms with Crippen LogP contribution in [0, 0.1) is 18.3 Å². The third kappa shape index (κ3) is 3.97. The highest BCUT2D eigenvalue weighted by molar-refractivity contribution is 5.98. The molecule has 0 bridgehead atoms. The lowest BCUT2D eigenvalue weighted by Gasteiger charge is -2.36. The molecule has 9 nitrogen and oxygen atoms in total. The van der Waals surface area contributed by atoms with E-state index in [1.807, 2.05) is 17.0 Å². The average Bonchev–Trinajstić information content (AvgIpc) is 3.42. The van der Waals surface area contributed by atoms with Crippen LogP contribution in [-0.4, -0.2) is 90.1 Å². The van der Waals surface area contributed by atoms with E-state index in [4.69, 9.17) is 9.15 Å². The lowest BCUT2D eigenvalue weighted by atomic mass is 10.1. The van der Waals surface area contributed by atoms with Gasteiger partial charge in [-0.05, 0) is 19.1 Å². The van der Waals surface area contributed by atoms with E-state index in [0.29, 0.717) is 76.2 Å². The highest BCUT2D eigenvalue weighted by atomic mass is 16.5. The number of aryl methyl sites for hydroxylation is 1. The molecule has 2 aromatic heterocycles. The second-order valence-electron chi connectivity index (χ2n) is 7.48. The van der Waals surface area contributed by atoms with E-state index >= 15 is 0 Å². The Labute approximate surface area is 175 Å². The Morgan fingerprint density at radius 2 is 1.70 bits per heavy atom. The van der Waals surface area contributed by atoms with Crippen LogP contribution in [0.25, 0.3) is 5.88 Å². The number of hydrogen-bond acceptors (Lipinski definition) is 6. The zero-order valence-electron chi connectivity index (χ0n) is 17.0. The van der Waals surface area contributed by atoms with Gasteiger partial charge in [-0.3, -0.25) is 19.1 Å². The van der Waals surface area contributed by atoms with Crippen LogP contribution in [0.3, 0.4) is 0 Å². The van der Waals surface area contributed by atoms with E-state index in [0.717, 1.165) is 0 Å². The smallest absolute Gasteiger partial charge is 0.258 e. The fourth-order valence-electron chi connectivity index (χ4n) is 3.91. The number of furan rings is 1. The van der Waals surface area contributed by atoms with Crippen molar-refractivity contribution in [3.63, 3.8) is 0 Å². The molecule has 2 aliphatic rings. The number of carbonyl (C=O) groups is 2. The van der Waals surface area contributed by atoms with Crippen molar-refractivity contribution in [3.05, 3.63) is 41.4 Å². The quantitative estimate of drug-likeness (QED) is 0.741. The van der Waals surface area contributed by atoms with Crippen LogP contribution >= 0.6 is 0 Å². The van der Waals surface area contributed by atoms with Crippen molar-refractivity contribution >= 4 is 11.8 Å². The first-order valence-electron chi connectivity index (χ1n) is 10.1. The number of rotatable bonds is 4. The molecule has 0 aromatic carbocycles. The number of piperazine rings is 1. The fourth-order valence-corrected chi connectivity index (χ4v) is 3.91. The van der Waals surface area contributed by atoms with Crippen LogP contribution in [-0.2, 0) is 9.53 Å². The number of aromatic nitrogens is 1. The predicted octanol–water partition coefficient (Wildman–Crippen LogP) is 0.867. The number of ether oxygens (including phenoxy) is 1. The lowest BCUT2D eigenvalue weighted by Crippen LogP contribution is -2.52. The highest BCUT2D eigenvalue weighted by Gasteiger charge is 2.31. The highest BCUT2D eigenvalue weighted by Crippen LogP contribution is 2.27. The SMILES string of the molecule is Cc1oc(-n2cccc2)c(C#N)c1C(=O)N1CCN(CC(=O)N2CCOCC2)CC1. The molecule has 0 radical (unpaired) electrons. The maximum absolute atomic E-state index is 13.2. The van der Waals surface area contributed by atoms with Crippen LogP contribution in [0.4, 0.5) is 0 Å². The van der Waals surface area contributed by atoms with Crippen molar-refractivity contribution in [2.45, 2.75) is 6.92 Å². The number of nitrogens with zero attached hydrogens (tertiary/aromatic N) is 5. The van der Waals surface area contributed by atoms with Crippen molar-refractivity contribution in [1.29, 1.82) is 5.26 Å². The van der Waals surface area contributed by atoms with Gasteiger partial charge in [-0.25, -0.2) is 0 Å². The van der Waals surface area contributed by atoms with E-state index in [2.05, 4.69) is 11.0 Å². The standard InChI is InChI=1S/C21H25N5O4/c1-16-19(17(14-22)21(30-16)26-4-2-3-5-26)20(28)25-8-6-23(7-9-25)15-18(27)24-10-12-29-13-11-24/h2-5H,6-13,15H2,1H3. The Morgan fingerprint density at radius 3 is 2.33 bits per heavy atom. The predicted molar refractivity (Wildman–Crippen MR) is 107 cm³/mol. The normalized spacial score (nSPS) is 17.7. The Morgan fingerprint density at radius 1 is 1.03 bits per heavy atom. The molecule has 30 heavy (non-hydrogen) atoms. The van der Waals surface area contributed by atoms with E-state index in [9.17, 15) is 14.9 Å². The van der Waals surface area contributed by atoms with Crippen molar-refractivity contribution in [2.75, 3.05) is 59.0 Å². The molecule has 0 N–H and O–H groups in total. The molecule has 2 fully saturated rings. The van der Waals surface area contributed by atoms with Crippen molar-refractivity contribution < 1.29 is 18.7 Å². The molecule has 158 valence electrons. The maximum Gasteiger partial charge on any atom is 0.258 e.